The van der Waals surface area contributed by atoms with Crippen molar-refractivity contribution >= 4 is 17.2 Å². The lowest BCUT2D eigenvalue weighted by Crippen LogP contribution is -2.18. The summed E-state index contributed by atoms with van der Waals surface area (Å²) in [5.74, 6) is 0.00274. The van der Waals surface area contributed by atoms with Gasteiger partial charge >= 0.3 is 0 Å². The average Bonchev–Trinajstić information content (AvgIpc) is 2.86. The molecule has 19 heavy (non-hydrogen) atoms. The molecule has 0 saturated carbocycles. The van der Waals surface area contributed by atoms with Crippen molar-refractivity contribution in [2.45, 2.75) is 34.2 Å². The lowest BCUT2D eigenvalue weighted by molar-refractivity contribution is -0.119. The van der Waals surface area contributed by atoms with Gasteiger partial charge in [-0.1, -0.05) is 38.1 Å². The van der Waals surface area contributed by atoms with Crippen LogP contribution in [0.1, 0.15) is 31.2 Å². The number of hydrogen-bond donors (Lipinski definition) is 1. The Kier molecular flexibility index (Phi) is 6.30. The molecule has 0 aliphatic heterocycles. The number of carbonyl (C=O) groups is 1. The highest BCUT2D eigenvalue weighted by atomic mass is 32.1. The third-order valence-electron chi connectivity index (χ3n) is 2.52. The van der Waals surface area contributed by atoms with E-state index >= 15 is 0 Å². The van der Waals surface area contributed by atoms with Gasteiger partial charge in [-0.05, 0) is 30.2 Å². The molecule has 0 aliphatic carbocycles. The van der Waals surface area contributed by atoms with Crippen LogP contribution in [0.3, 0.4) is 0 Å². The van der Waals surface area contributed by atoms with Gasteiger partial charge in [0.05, 0.1) is 0 Å². The summed E-state index contributed by atoms with van der Waals surface area (Å²) in [6.07, 6.45) is 0. The fraction of sp³-hybridized carbons (Fsp3) is 0.312. The molecule has 1 amide bonds. The predicted octanol–water partition coefficient (Wildman–Crippen LogP) is 4.39. The molecule has 3 heteroatoms. The molecule has 102 valence electrons. The summed E-state index contributed by atoms with van der Waals surface area (Å²) in [7, 11) is 0. The Bertz CT molecular complexity index is 514. The molecule has 0 fully saturated rings. The molecular formula is C16H21NOS. The van der Waals surface area contributed by atoms with E-state index in [1.807, 2.05) is 13.8 Å². The Labute approximate surface area is 119 Å². The predicted molar refractivity (Wildman–Crippen MR) is 83.4 cm³/mol. The van der Waals surface area contributed by atoms with E-state index in [0.717, 1.165) is 5.56 Å². The van der Waals surface area contributed by atoms with Crippen LogP contribution in [0.4, 0.5) is 0 Å². The second-order valence-corrected chi connectivity index (χ2v) is 5.30. The van der Waals surface area contributed by atoms with Gasteiger partial charge in [0.1, 0.15) is 0 Å². The lowest BCUT2D eigenvalue weighted by atomic mass is 10.1. The van der Waals surface area contributed by atoms with E-state index in [0.29, 0.717) is 6.54 Å². The van der Waals surface area contributed by atoms with Gasteiger partial charge in [0.2, 0.25) is 5.91 Å². The van der Waals surface area contributed by atoms with E-state index in [9.17, 15) is 4.79 Å². The summed E-state index contributed by atoms with van der Waals surface area (Å²) >= 11 is 1.80. The van der Waals surface area contributed by atoms with E-state index in [2.05, 4.69) is 48.6 Å². The summed E-state index contributed by atoms with van der Waals surface area (Å²) in [4.78, 5) is 13.4. The first-order valence-corrected chi connectivity index (χ1v) is 7.37. The van der Waals surface area contributed by atoms with E-state index < -0.39 is 0 Å². The number of rotatable bonds is 3. The molecule has 1 N–H and O–H groups in total. The van der Waals surface area contributed by atoms with Crippen molar-refractivity contribution in [3.05, 3.63) is 46.8 Å². The minimum absolute atomic E-state index is 0.00274. The standard InChI is InChI=1S/C14H15NOS.C2H6/c1-10-3-8-14(17-10)13-6-4-12(5-7-13)9-15-11(2)16;1-2/h3-8H,9H2,1-2H3,(H,15,16);1-2H3. The third-order valence-corrected chi connectivity index (χ3v) is 3.57. The number of amides is 1. The third kappa shape index (κ3) is 4.87. The maximum absolute atomic E-state index is 10.8. The highest BCUT2D eigenvalue weighted by molar-refractivity contribution is 7.15. The van der Waals surface area contributed by atoms with Gasteiger partial charge in [0.25, 0.3) is 0 Å². The second-order valence-electron chi connectivity index (χ2n) is 4.02. The molecule has 0 aliphatic rings. The minimum Gasteiger partial charge on any atom is -0.352 e. The molecule has 0 radical (unpaired) electrons. The molecule has 0 saturated heterocycles. The highest BCUT2D eigenvalue weighted by Gasteiger charge is 2.01. The number of nitrogens with one attached hydrogen (secondary N) is 1. The topological polar surface area (TPSA) is 29.1 Å². The zero-order valence-corrected chi connectivity index (χ0v) is 12.8. The van der Waals surface area contributed by atoms with Crippen LogP contribution in [0.2, 0.25) is 0 Å². The van der Waals surface area contributed by atoms with Crippen LogP contribution in [-0.4, -0.2) is 5.91 Å². The van der Waals surface area contributed by atoms with Crippen molar-refractivity contribution in [3.63, 3.8) is 0 Å². The van der Waals surface area contributed by atoms with Gasteiger partial charge in [-0.25, -0.2) is 0 Å². The van der Waals surface area contributed by atoms with E-state index in [1.54, 1.807) is 11.3 Å². The van der Waals surface area contributed by atoms with Gasteiger partial charge < -0.3 is 5.32 Å². The Morgan fingerprint density at radius 1 is 1.11 bits per heavy atom. The summed E-state index contributed by atoms with van der Waals surface area (Å²) in [5, 5.41) is 2.79. The van der Waals surface area contributed by atoms with Crippen LogP contribution in [0.15, 0.2) is 36.4 Å². The van der Waals surface area contributed by atoms with Gasteiger partial charge in [-0.15, -0.1) is 11.3 Å². The molecule has 1 aromatic heterocycles. The summed E-state index contributed by atoms with van der Waals surface area (Å²) < 4.78 is 0. The van der Waals surface area contributed by atoms with Crippen molar-refractivity contribution in [3.8, 4) is 10.4 Å². The summed E-state index contributed by atoms with van der Waals surface area (Å²) in [6.45, 7) is 8.24. The average molecular weight is 275 g/mol. The SMILES string of the molecule is CC.CC(=O)NCc1ccc(-c2ccc(C)s2)cc1. The fourth-order valence-corrected chi connectivity index (χ4v) is 2.48. The fourth-order valence-electron chi connectivity index (χ4n) is 1.60. The first-order chi connectivity index (χ1) is 9.15. The van der Waals surface area contributed by atoms with Crippen LogP contribution >= 0.6 is 11.3 Å². The minimum atomic E-state index is 0.00274. The van der Waals surface area contributed by atoms with Crippen LogP contribution in [-0.2, 0) is 11.3 Å². The molecule has 2 aromatic rings. The smallest absolute Gasteiger partial charge is 0.217 e. The molecule has 2 rings (SSSR count). The highest BCUT2D eigenvalue weighted by Crippen LogP contribution is 2.27. The molecule has 1 heterocycles. The van der Waals surface area contributed by atoms with Crippen LogP contribution in [0.5, 0.6) is 0 Å². The first kappa shape index (κ1) is 15.4. The Balaban J connectivity index is 0.000000861. The largest absolute Gasteiger partial charge is 0.352 e. The molecule has 0 bridgehead atoms. The van der Waals surface area contributed by atoms with E-state index in [4.69, 9.17) is 0 Å². The maximum atomic E-state index is 10.8. The van der Waals surface area contributed by atoms with Crippen molar-refractivity contribution in [2.75, 3.05) is 0 Å². The van der Waals surface area contributed by atoms with Crippen molar-refractivity contribution in [1.29, 1.82) is 0 Å². The first-order valence-electron chi connectivity index (χ1n) is 6.55. The molecule has 1 aromatic carbocycles. The Hall–Kier alpha value is -1.61. The monoisotopic (exact) mass is 275 g/mol. The number of carbonyl (C=O) groups excluding carboxylic acids is 1. The second kappa shape index (κ2) is 7.74. The molecule has 0 spiro atoms. The normalized spacial score (nSPS) is 9.47. The van der Waals surface area contributed by atoms with E-state index in [-0.39, 0.29) is 5.91 Å². The number of hydrogen-bond acceptors (Lipinski definition) is 2. The van der Waals surface area contributed by atoms with Gasteiger partial charge in [0, 0.05) is 23.2 Å². The molecule has 0 unspecified atom stereocenters. The molecular weight excluding hydrogens is 254 g/mol. The zero-order chi connectivity index (χ0) is 14.3. The van der Waals surface area contributed by atoms with Crippen molar-refractivity contribution in [2.24, 2.45) is 0 Å². The number of benzene rings is 1. The molecule has 2 nitrogen and oxygen atoms in total. The van der Waals surface area contributed by atoms with Crippen LogP contribution in [0, 0.1) is 6.92 Å². The molecule has 0 atom stereocenters. The zero-order valence-electron chi connectivity index (χ0n) is 12.0. The number of aryl methyl sites for hydroxylation is 1. The lowest BCUT2D eigenvalue weighted by Gasteiger charge is -2.03. The Morgan fingerprint density at radius 2 is 1.74 bits per heavy atom. The van der Waals surface area contributed by atoms with E-state index in [1.165, 1.54) is 22.2 Å². The summed E-state index contributed by atoms with van der Waals surface area (Å²) in [6, 6.07) is 12.6. The van der Waals surface area contributed by atoms with Crippen LogP contribution < -0.4 is 5.32 Å². The van der Waals surface area contributed by atoms with Crippen molar-refractivity contribution < 1.29 is 4.79 Å². The van der Waals surface area contributed by atoms with Crippen LogP contribution in [0.25, 0.3) is 10.4 Å². The van der Waals surface area contributed by atoms with Gasteiger partial charge in [-0.2, -0.15) is 0 Å². The maximum Gasteiger partial charge on any atom is 0.217 e. The quantitative estimate of drug-likeness (QED) is 0.884. The van der Waals surface area contributed by atoms with Gasteiger partial charge in [0.15, 0.2) is 0 Å². The number of thiophene rings is 1. The summed E-state index contributed by atoms with van der Waals surface area (Å²) in [5.41, 5.74) is 2.35. The van der Waals surface area contributed by atoms with Crippen molar-refractivity contribution in [1.82, 2.24) is 5.32 Å². The van der Waals surface area contributed by atoms with Gasteiger partial charge in [-0.3, -0.25) is 4.79 Å². The Morgan fingerprint density at radius 3 is 2.21 bits per heavy atom.